The first-order valence-electron chi connectivity index (χ1n) is 4.73. The monoisotopic (exact) mass is 170 g/mol. The van der Waals surface area contributed by atoms with Gasteiger partial charge in [-0.2, -0.15) is 0 Å². The minimum atomic E-state index is -0.284. The third-order valence-electron chi connectivity index (χ3n) is 2.85. The van der Waals surface area contributed by atoms with Gasteiger partial charge in [0, 0.05) is 11.5 Å². The minimum Gasteiger partial charge on any atom is -0.392 e. The van der Waals surface area contributed by atoms with E-state index in [1.807, 2.05) is 13.8 Å². The maximum absolute atomic E-state index is 9.86. The average molecular weight is 170 g/mol. The zero-order valence-corrected chi connectivity index (χ0v) is 8.25. The minimum absolute atomic E-state index is 0.154. The fraction of sp³-hybridized carbons (Fsp3) is 0.900. The van der Waals surface area contributed by atoms with Crippen molar-refractivity contribution in [3.63, 3.8) is 0 Å². The Morgan fingerprint density at radius 1 is 1.50 bits per heavy atom. The van der Waals surface area contributed by atoms with E-state index < -0.39 is 0 Å². The third kappa shape index (κ3) is 1.99. The van der Waals surface area contributed by atoms with Gasteiger partial charge >= 0.3 is 0 Å². The van der Waals surface area contributed by atoms with Crippen LogP contribution >= 0.6 is 0 Å². The smallest absolute Gasteiger partial charge is 0.0613 e. The molecule has 3 N–H and O–H groups in total. The van der Waals surface area contributed by atoms with Gasteiger partial charge in [0.15, 0.2) is 0 Å². The summed E-state index contributed by atoms with van der Waals surface area (Å²) in [5, 5.41) is 9.86. The number of hydrogen-bond acceptors (Lipinski definition) is 2. The van der Waals surface area contributed by atoms with Gasteiger partial charge < -0.3 is 10.8 Å². The van der Waals surface area contributed by atoms with Crippen LogP contribution in [0.15, 0.2) is 0 Å². The van der Waals surface area contributed by atoms with Crippen molar-refractivity contribution in [2.45, 2.75) is 45.3 Å². The van der Waals surface area contributed by atoms with Gasteiger partial charge in [0.1, 0.15) is 0 Å². The van der Waals surface area contributed by atoms with Crippen molar-refractivity contribution in [1.82, 2.24) is 0 Å². The lowest BCUT2D eigenvalue weighted by Gasteiger charge is -2.40. The van der Waals surface area contributed by atoms with E-state index in [4.69, 9.17) is 5.73 Å². The molecule has 0 spiro atoms. The predicted octanol–water partition coefficient (Wildman–Crippen LogP) is 1.33. The number of aliphatic hydroxyl groups is 1. The summed E-state index contributed by atoms with van der Waals surface area (Å²) in [5.41, 5.74) is 5.69. The zero-order chi connectivity index (χ0) is 9.35. The molecule has 0 amide bonds. The quantitative estimate of drug-likeness (QED) is 0.623. The van der Waals surface area contributed by atoms with Crippen LogP contribution in [0.5, 0.6) is 0 Å². The molecular weight excluding hydrogens is 150 g/mol. The van der Waals surface area contributed by atoms with E-state index in [2.05, 4.69) is 13.3 Å². The van der Waals surface area contributed by atoms with Crippen molar-refractivity contribution in [2.75, 3.05) is 0 Å². The van der Waals surface area contributed by atoms with Crippen LogP contribution in [0.2, 0.25) is 0 Å². The van der Waals surface area contributed by atoms with Crippen molar-refractivity contribution in [2.24, 2.45) is 17.6 Å². The van der Waals surface area contributed by atoms with Crippen molar-refractivity contribution in [1.29, 1.82) is 0 Å². The van der Waals surface area contributed by atoms with E-state index in [0.717, 1.165) is 12.8 Å². The molecule has 0 saturated heterocycles. The SMILES string of the molecule is CC1CC[CH]C(C(C)(C)N)C1O. The molecule has 71 valence electrons. The molecule has 0 aromatic rings. The maximum Gasteiger partial charge on any atom is 0.0613 e. The van der Waals surface area contributed by atoms with Crippen LogP contribution in [-0.4, -0.2) is 16.7 Å². The maximum atomic E-state index is 9.86. The summed E-state index contributed by atoms with van der Waals surface area (Å²) in [6.45, 7) is 6.06. The normalized spacial score (nSPS) is 38.2. The molecule has 3 atom stereocenters. The Morgan fingerprint density at radius 3 is 2.50 bits per heavy atom. The van der Waals surface area contributed by atoms with E-state index in [9.17, 15) is 5.11 Å². The van der Waals surface area contributed by atoms with Crippen LogP contribution in [0, 0.1) is 18.3 Å². The average Bonchev–Trinajstić information content (AvgIpc) is 1.92. The van der Waals surface area contributed by atoms with Crippen LogP contribution in [0.1, 0.15) is 33.6 Å². The molecular formula is C10H20NO. The van der Waals surface area contributed by atoms with Crippen molar-refractivity contribution in [3.05, 3.63) is 6.42 Å². The van der Waals surface area contributed by atoms with E-state index >= 15 is 0 Å². The first-order valence-corrected chi connectivity index (χ1v) is 4.73. The first-order chi connectivity index (χ1) is 5.43. The Kier molecular flexibility index (Phi) is 2.79. The summed E-state index contributed by atoms with van der Waals surface area (Å²) >= 11 is 0. The predicted molar refractivity (Wildman–Crippen MR) is 50.5 cm³/mol. The van der Waals surface area contributed by atoms with Gasteiger partial charge in [-0.15, -0.1) is 0 Å². The number of nitrogens with two attached hydrogens (primary N) is 1. The molecule has 3 unspecified atom stereocenters. The van der Waals surface area contributed by atoms with Gasteiger partial charge in [-0.25, -0.2) is 0 Å². The van der Waals surface area contributed by atoms with Crippen molar-refractivity contribution < 1.29 is 5.11 Å². The Hall–Kier alpha value is -0.0800. The van der Waals surface area contributed by atoms with Gasteiger partial charge in [-0.3, -0.25) is 0 Å². The highest BCUT2D eigenvalue weighted by atomic mass is 16.3. The zero-order valence-electron chi connectivity index (χ0n) is 8.25. The lowest BCUT2D eigenvalue weighted by molar-refractivity contribution is 0.0216. The summed E-state index contributed by atoms with van der Waals surface area (Å²) in [7, 11) is 0. The molecule has 1 aliphatic rings. The van der Waals surface area contributed by atoms with Crippen LogP contribution < -0.4 is 5.73 Å². The van der Waals surface area contributed by atoms with Gasteiger partial charge in [0.05, 0.1) is 6.10 Å². The topological polar surface area (TPSA) is 46.2 Å². The highest BCUT2D eigenvalue weighted by molar-refractivity contribution is 5.00. The van der Waals surface area contributed by atoms with E-state index in [0.29, 0.717) is 5.92 Å². The molecule has 2 nitrogen and oxygen atoms in total. The second-order valence-corrected chi connectivity index (χ2v) is 4.63. The summed E-state index contributed by atoms with van der Waals surface area (Å²) in [4.78, 5) is 0. The second kappa shape index (κ2) is 3.35. The van der Waals surface area contributed by atoms with Gasteiger partial charge in [0.25, 0.3) is 0 Å². The molecule has 1 fully saturated rings. The van der Waals surface area contributed by atoms with Crippen molar-refractivity contribution >= 4 is 0 Å². The molecule has 2 heteroatoms. The Bertz CT molecular complexity index is 150. The lowest BCUT2D eigenvalue weighted by atomic mass is 9.71. The Balaban J connectivity index is 2.64. The van der Waals surface area contributed by atoms with Crippen LogP contribution in [0.25, 0.3) is 0 Å². The molecule has 0 aliphatic heterocycles. The third-order valence-corrected chi connectivity index (χ3v) is 2.85. The molecule has 0 heterocycles. The summed E-state index contributed by atoms with van der Waals surface area (Å²) < 4.78 is 0. The van der Waals surface area contributed by atoms with E-state index in [-0.39, 0.29) is 17.6 Å². The highest BCUT2D eigenvalue weighted by Crippen LogP contribution is 2.33. The van der Waals surface area contributed by atoms with E-state index in [1.54, 1.807) is 0 Å². The van der Waals surface area contributed by atoms with Gasteiger partial charge in [-0.1, -0.05) is 6.92 Å². The largest absolute Gasteiger partial charge is 0.392 e. The number of aliphatic hydroxyl groups excluding tert-OH is 1. The fourth-order valence-electron chi connectivity index (χ4n) is 1.95. The lowest BCUT2D eigenvalue weighted by Crippen LogP contribution is -2.50. The molecule has 0 bridgehead atoms. The molecule has 1 aliphatic carbocycles. The second-order valence-electron chi connectivity index (χ2n) is 4.63. The molecule has 0 aromatic heterocycles. The molecule has 12 heavy (non-hydrogen) atoms. The number of hydrogen-bond donors (Lipinski definition) is 2. The van der Waals surface area contributed by atoms with E-state index in [1.165, 1.54) is 0 Å². The Morgan fingerprint density at radius 2 is 2.08 bits per heavy atom. The van der Waals surface area contributed by atoms with Crippen LogP contribution in [0.3, 0.4) is 0 Å². The van der Waals surface area contributed by atoms with Crippen LogP contribution in [-0.2, 0) is 0 Å². The molecule has 0 aromatic carbocycles. The summed E-state index contributed by atoms with van der Waals surface area (Å²) in [5.74, 6) is 0.545. The van der Waals surface area contributed by atoms with Gasteiger partial charge in [-0.05, 0) is 39.0 Å². The molecule has 1 radical (unpaired) electrons. The van der Waals surface area contributed by atoms with Crippen molar-refractivity contribution in [3.8, 4) is 0 Å². The fourth-order valence-corrected chi connectivity index (χ4v) is 1.95. The molecule has 1 saturated carbocycles. The highest BCUT2D eigenvalue weighted by Gasteiger charge is 2.37. The first kappa shape index (κ1) is 10.0. The summed E-state index contributed by atoms with van der Waals surface area (Å²) in [6.07, 6.45) is 4.10. The Labute approximate surface area is 75.2 Å². The summed E-state index contributed by atoms with van der Waals surface area (Å²) in [6, 6.07) is 0. The standard InChI is InChI=1S/C10H20NO/c1-7-5-4-6-8(9(7)12)10(2,3)11/h6-9,12H,4-5,11H2,1-3H3. The molecule has 1 rings (SSSR count). The van der Waals surface area contributed by atoms with Gasteiger partial charge in [0.2, 0.25) is 0 Å². The van der Waals surface area contributed by atoms with Crippen LogP contribution in [0.4, 0.5) is 0 Å². The number of rotatable bonds is 1.